The number of nitrogens with zero attached hydrogens (tertiary/aromatic N) is 1. The van der Waals surface area contributed by atoms with E-state index in [0.717, 1.165) is 16.3 Å². The van der Waals surface area contributed by atoms with Gasteiger partial charge in [0.2, 0.25) is 0 Å². The topological polar surface area (TPSA) is 68.6 Å². The van der Waals surface area contributed by atoms with E-state index in [1.165, 1.54) is 13.2 Å². The summed E-state index contributed by atoms with van der Waals surface area (Å²) in [4.78, 5) is 11.9. The van der Waals surface area contributed by atoms with Gasteiger partial charge in [0.05, 0.1) is 18.2 Å². The summed E-state index contributed by atoms with van der Waals surface area (Å²) in [6, 6.07) is 19.6. The minimum absolute atomic E-state index is 0.0878. The van der Waals surface area contributed by atoms with Gasteiger partial charge in [-0.15, -0.1) is 0 Å². The number of fused-ring (bicyclic) bond motifs is 1. The second-order valence-corrected chi connectivity index (χ2v) is 7.21. The van der Waals surface area contributed by atoms with E-state index in [2.05, 4.69) is 34.1 Å². The van der Waals surface area contributed by atoms with Gasteiger partial charge < -0.3 is 14.2 Å². The number of esters is 1. The Bertz CT molecular complexity index is 1140. The average molecular weight is 466 g/mol. The minimum Gasteiger partial charge on any atom is -0.493 e. The fourth-order valence-corrected chi connectivity index (χ4v) is 3.62. The van der Waals surface area contributed by atoms with E-state index >= 15 is 0 Å². The van der Waals surface area contributed by atoms with Crippen molar-refractivity contribution in [2.75, 3.05) is 13.7 Å². The van der Waals surface area contributed by atoms with Crippen LogP contribution in [0.2, 0.25) is 0 Å². The molecule has 0 atom stereocenters. The van der Waals surface area contributed by atoms with Crippen molar-refractivity contribution in [3.05, 3.63) is 75.8 Å². The van der Waals surface area contributed by atoms with Crippen molar-refractivity contribution in [3.8, 4) is 17.6 Å². The summed E-state index contributed by atoms with van der Waals surface area (Å²) in [5.74, 6) is 0.362. The number of hydrogen-bond acceptors (Lipinski definition) is 5. The minimum atomic E-state index is -0.661. The SMILES string of the molecule is CCOC(=O)/C(C#N)=C\c1cc(Br)c(OCc2cccc3ccccc23)c(OC)c1. The Balaban J connectivity index is 1.89. The van der Waals surface area contributed by atoms with Crippen LogP contribution in [0.25, 0.3) is 16.8 Å². The molecule has 30 heavy (non-hydrogen) atoms. The van der Waals surface area contributed by atoms with Crippen LogP contribution in [0, 0.1) is 11.3 Å². The molecule has 0 unspecified atom stereocenters. The van der Waals surface area contributed by atoms with E-state index in [9.17, 15) is 10.1 Å². The predicted octanol–water partition coefficient (Wildman–Crippen LogP) is 5.66. The van der Waals surface area contributed by atoms with Crippen LogP contribution in [0.3, 0.4) is 0 Å². The highest BCUT2D eigenvalue weighted by Crippen LogP contribution is 2.38. The number of benzene rings is 3. The van der Waals surface area contributed by atoms with Crippen molar-refractivity contribution in [1.29, 1.82) is 5.26 Å². The first-order chi connectivity index (χ1) is 14.6. The van der Waals surface area contributed by atoms with E-state index in [1.54, 1.807) is 19.1 Å². The van der Waals surface area contributed by atoms with Crippen LogP contribution in [0.15, 0.2) is 64.6 Å². The third-order valence-corrected chi connectivity index (χ3v) is 5.02. The van der Waals surface area contributed by atoms with Crippen LogP contribution in [0.4, 0.5) is 0 Å². The highest BCUT2D eigenvalue weighted by atomic mass is 79.9. The van der Waals surface area contributed by atoms with Crippen molar-refractivity contribution in [1.82, 2.24) is 0 Å². The van der Waals surface area contributed by atoms with Crippen LogP contribution < -0.4 is 9.47 Å². The lowest BCUT2D eigenvalue weighted by atomic mass is 10.1. The normalized spacial score (nSPS) is 11.1. The number of methoxy groups -OCH3 is 1. The van der Waals surface area contributed by atoms with Crippen LogP contribution >= 0.6 is 15.9 Å². The zero-order chi connectivity index (χ0) is 21.5. The molecular weight excluding hydrogens is 446 g/mol. The Morgan fingerprint density at radius 3 is 2.67 bits per heavy atom. The molecule has 0 amide bonds. The molecular formula is C24H20BrNO4. The van der Waals surface area contributed by atoms with Gasteiger partial charge in [-0.3, -0.25) is 0 Å². The fourth-order valence-electron chi connectivity index (χ4n) is 3.04. The highest BCUT2D eigenvalue weighted by Gasteiger charge is 2.15. The smallest absolute Gasteiger partial charge is 0.348 e. The molecule has 0 fully saturated rings. The maximum Gasteiger partial charge on any atom is 0.348 e. The third-order valence-electron chi connectivity index (χ3n) is 4.43. The number of halogens is 1. The van der Waals surface area contributed by atoms with Crippen molar-refractivity contribution in [2.24, 2.45) is 0 Å². The largest absolute Gasteiger partial charge is 0.493 e. The summed E-state index contributed by atoms with van der Waals surface area (Å²) in [7, 11) is 1.54. The Kier molecular flexibility index (Phi) is 7.10. The Labute approximate surface area is 183 Å². The summed E-state index contributed by atoms with van der Waals surface area (Å²) >= 11 is 3.51. The van der Waals surface area contributed by atoms with Gasteiger partial charge in [-0.1, -0.05) is 42.5 Å². The van der Waals surface area contributed by atoms with Crippen molar-refractivity contribution in [2.45, 2.75) is 13.5 Å². The summed E-state index contributed by atoms with van der Waals surface area (Å²) in [5, 5.41) is 11.5. The van der Waals surface area contributed by atoms with Gasteiger partial charge in [-0.2, -0.15) is 5.26 Å². The molecule has 0 saturated heterocycles. The van der Waals surface area contributed by atoms with Gasteiger partial charge in [-0.25, -0.2) is 4.79 Å². The molecule has 0 aliphatic heterocycles. The molecule has 0 aliphatic carbocycles. The first kappa shape index (κ1) is 21.4. The number of rotatable bonds is 7. The number of ether oxygens (including phenoxy) is 3. The van der Waals surface area contributed by atoms with Crippen LogP contribution in [0.5, 0.6) is 11.5 Å². The van der Waals surface area contributed by atoms with Crippen molar-refractivity contribution >= 4 is 38.7 Å². The van der Waals surface area contributed by atoms with Gasteiger partial charge >= 0.3 is 5.97 Å². The monoisotopic (exact) mass is 465 g/mol. The molecule has 5 nitrogen and oxygen atoms in total. The molecule has 0 heterocycles. The predicted molar refractivity (Wildman–Crippen MR) is 119 cm³/mol. The van der Waals surface area contributed by atoms with Gasteiger partial charge in [0.15, 0.2) is 11.5 Å². The maximum absolute atomic E-state index is 11.9. The summed E-state index contributed by atoms with van der Waals surface area (Å²) < 4.78 is 17.1. The second-order valence-electron chi connectivity index (χ2n) is 6.35. The Morgan fingerprint density at radius 2 is 1.93 bits per heavy atom. The van der Waals surface area contributed by atoms with Gasteiger partial charge in [-0.05, 0) is 63.0 Å². The summed E-state index contributed by atoms with van der Waals surface area (Å²) in [6.45, 7) is 2.25. The van der Waals surface area contributed by atoms with Crippen LogP contribution in [-0.2, 0) is 16.1 Å². The zero-order valence-electron chi connectivity index (χ0n) is 16.6. The standard InChI is InChI=1S/C24H20BrNO4/c1-3-29-24(27)19(14-26)11-16-12-21(25)23(22(13-16)28-2)30-15-18-9-6-8-17-7-4-5-10-20(17)18/h4-13H,3,15H2,1-2H3/b19-11-. The first-order valence-electron chi connectivity index (χ1n) is 9.33. The Morgan fingerprint density at radius 1 is 1.17 bits per heavy atom. The number of nitriles is 1. The molecule has 3 rings (SSSR count). The molecule has 0 N–H and O–H groups in total. The molecule has 152 valence electrons. The molecule has 0 saturated carbocycles. The van der Waals surface area contributed by atoms with Gasteiger partial charge in [0, 0.05) is 0 Å². The molecule has 0 radical (unpaired) electrons. The lowest BCUT2D eigenvalue weighted by molar-refractivity contribution is -0.137. The lowest BCUT2D eigenvalue weighted by Crippen LogP contribution is -2.06. The maximum atomic E-state index is 11.9. The molecule has 0 bridgehead atoms. The van der Waals surface area contributed by atoms with Gasteiger partial charge in [0.25, 0.3) is 0 Å². The number of carbonyl (C=O) groups excluding carboxylic acids is 1. The first-order valence-corrected chi connectivity index (χ1v) is 10.1. The number of carbonyl (C=O) groups is 1. The third kappa shape index (κ3) is 4.81. The van der Waals surface area contributed by atoms with Crippen molar-refractivity contribution < 1.29 is 19.0 Å². The van der Waals surface area contributed by atoms with Crippen LogP contribution in [0.1, 0.15) is 18.1 Å². The highest BCUT2D eigenvalue weighted by molar-refractivity contribution is 9.10. The second kappa shape index (κ2) is 9.95. The quantitative estimate of drug-likeness (QED) is 0.255. The summed E-state index contributed by atoms with van der Waals surface area (Å²) in [6.07, 6.45) is 1.46. The molecule has 3 aromatic carbocycles. The van der Waals surface area contributed by atoms with Gasteiger partial charge in [0.1, 0.15) is 18.2 Å². The molecule has 0 aromatic heterocycles. The molecule has 6 heteroatoms. The molecule has 0 spiro atoms. The average Bonchev–Trinajstić information content (AvgIpc) is 2.76. The van der Waals surface area contributed by atoms with E-state index in [1.807, 2.05) is 30.3 Å². The number of hydrogen-bond donors (Lipinski definition) is 0. The molecule has 3 aromatic rings. The Hall–Kier alpha value is -3.30. The van der Waals surface area contributed by atoms with Crippen LogP contribution in [-0.4, -0.2) is 19.7 Å². The fraction of sp³-hybridized carbons (Fsp3) is 0.167. The lowest BCUT2D eigenvalue weighted by Gasteiger charge is -2.15. The van der Waals surface area contributed by atoms with E-state index in [-0.39, 0.29) is 12.2 Å². The van der Waals surface area contributed by atoms with E-state index in [0.29, 0.717) is 28.1 Å². The van der Waals surface area contributed by atoms with E-state index in [4.69, 9.17) is 14.2 Å². The van der Waals surface area contributed by atoms with E-state index < -0.39 is 5.97 Å². The zero-order valence-corrected chi connectivity index (χ0v) is 18.2. The summed E-state index contributed by atoms with van der Waals surface area (Å²) in [5.41, 5.74) is 1.58. The molecule has 0 aliphatic rings. The van der Waals surface area contributed by atoms with Crippen molar-refractivity contribution in [3.63, 3.8) is 0 Å².